The first-order valence-electron chi connectivity index (χ1n) is 5.89. The third kappa shape index (κ3) is 3.17. The number of ether oxygens (including phenoxy) is 1. The lowest BCUT2D eigenvalue weighted by atomic mass is 10.2. The second-order valence-corrected chi connectivity index (χ2v) is 5.33. The summed E-state index contributed by atoms with van der Waals surface area (Å²) in [5.41, 5.74) is 7.69. The van der Waals surface area contributed by atoms with Crippen molar-refractivity contribution in [1.29, 1.82) is 0 Å². The Morgan fingerprint density at radius 3 is 2.78 bits per heavy atom. The molecule has 0 radical (unpaired) electrons. The third-order valence-electron chi connectivity index (χ3n) is 2.70. The first-order valence-corrected chi connectivity index (χ1v) is 6.77. The third-order valence-corrected chi connectivity index (χ3v) is 3.64. The van der Waals surface area contributed by atoms with Crippen LogP contribution in [0.2, 0.25) is 0 Å². The highest BCUT2D eigenvalue weighted by Gasteiger charge is 2.04. The summed E-state index contributed by atoms with van der Waals surface area (Å²) >= 11 is 1.75. The maximum Gasteiger partial charge on any atom is 0.144 e. The molecule has 0 saturated heterocycles. The summed E-state index contributed by atoms with van der Waals surface area (Å²) < 4.78 is 5.76. The number of nitrogens with two attached hydrogens (primary N) is 1. The van der Waals surface area contributed by atoms with Crippen molar-refractivity contribution < 1.29 is 4.74 Å². The maximum absolute atomic E-state index is 5.91. The van der Waals surface area contributed by atoms with Crippen molar-refractivity contribution in [2.45, 2.75) is 6.42 Å². The van der Waals surface area contributed by atoms with E-state index in [1.807, 2.05) is 37.2 Å². The number of hydrogen-bond acceptors (Lipinski definition) is 4. The Bertz CT molecular complexity index is 495. The van der Waals surface area contributed by atoms with Gasteiger partial charge in [0.2, 0.25) is 0 Å². The summed E-state index contributed by atoms with van der Waals surface area (Å²) in [5.74, 6) is 0.762. The quantitative estimate of drug-likeness (QED) is 0.842. The van der Waals surface area contributed by atoms with Gasteiger partial charge in [0.1, 0.15) is 5.75 Å². The Morgan fingerprint density at radius 1 is 1.28 bits per heavy atom. The van der Waals surface area contributed by atoms with Crippen LogP contribution in [0.5, 0.6) is 5.75 Å². The van der Waals surface area contributed by atoms with E-state index in [1.54, 1.807) is 11.3 Å². The minimum atomic E-state index is 0.654. The van der Waals surface area contributed by atoms with Crippen LogP contribution in [-0.2, 0) is 6.42 Å². The SMILES string of the molecule is CN(C)c1ccc(N)c(OCCc2cccs2)c1. The minimum Gasteiger partial charge on any atom is -0.491 e. The maximum atomic E-state index is 5.91. The monoisotopic (exact) mass is 262 g/mol. The molecule has 1 aromatic carbocycles. The number of rotatable bonds is 5. The van der Waals surface area contributed by atoms with Crippen molar-refractivity contribution in [1.82, 2.24) is 0 Å². The van der Waals surface area contributed by atoms with Crippen LogP contribution in [0, 0.1) is 0 Å². The summed E-state index contributed by atoms with van der Waals surface area (Å²) in [5, 5.41) is 2.08. The molecule has 96 valence electrons. The van der Waals surface area contributed by atoms with Gasteiger partial charge in [-0.3, -0.25) is 0 Å². The van der Waals surface area contributed by atoms with E-state index in [0.717, 1.165) is 17.9 Å². The van der Waals surface area contributed by atoms with E-state index in [2.05, 4.69) is 17.5 Å². The van der Waals surface area contributed by atoms with Gasteiger partial charge in [-0.1, -0.05) is 6.07 Å². The van der Waals surface area contributed by atoms with Gasteiger partial charge in [-0.25, -0.2) is 0 Å². The van der Waals surface area contributed by atoms with Crippen LogP contribution < -0.4 is 15.4 Å². The van der Waals surface area contributed by atoms with E-state index >= 15 is 0 Å². The molecule has 4 heteroatoms. The van der Waals surface area contributed by atoms with E-state index in [1.165, 1.54) is 4.88 Å². The Morgan fingerprint density at radius 2 is 2.11 bits per heavy atom. The first-order chi connectivity index (χ1) is 8.66. The molecule has 0 atom stereocenters. The van der Waals surface area contributed by atoms with E-state index in [4.69, 9.17) is 10.5 Å². The fourth-order valence-corrected chi connectivity index (χ4v) is 2.33. The molecule has 0 fully saturated rings. The molecular weight excluding hydrogens is 244 g/mol. The van der Waals surface area contributed by atoms with Gasteiger partial charge in [0.15, 0.2) is 0 Å². The van der Waals surface area contributed by atoms with E-state index in [0.29, 0.717) is 12.3 Å². The van der Waals surface area contributed by atoms with Gasteiger partial charge in [0, 0.05) is 37.1 Å². The molecule has 0 aliphatic rings. The molecule has 2 aromatic rings. The van der Waals surface area contributed by atoms with Crippen LogP contribution in [0.1, 0.15) is 4.88 Å². The number of anilines is 2. The Hall–Kier alpha value is -1.68. The summed E-state index contributed by atoms with van der Waals surface area (Å²) in [6.45, 7) is 0.654. The predicted molar refractivity (Wildman–Crippen MR) is 78.7 cm³/mol. The van der Waals surface area contributed by atoms with Crippen LogP contribution in [0.15, 0.2) is 35.7 Å². The van der Waals surface area contributed by atoms with Crippen LogP contribution in [-0.4, -0.2) is 20.7 Å². The largest absolute Gasteiger partial charge is 0.491 e. The standard InChI is InChI=1S/C14H18N2OS/c1-16(2)11-5-6-13(15)14(10-11)17-8-7-12-4-3-9-18-12/h3-6,9-10H,7-8,15H2,1-2H3. The molecule has 0 unspecified atom stereocenters. The summed E-state index contributed by atoms with van der Waals surface area (Å²) in [6, 6.07) is 10.0. The number of hydrogen-bond donors (Lipinski definition) is 1. The second-order valence-electron chi connectivity index (χ2n) is 4.29. The normalized spacial score (nSPS) is 10.3. The molecule has 2 rings (SSSR count). The van der Waals surface area contributed by atoms with Gasteiger partial charge in [-0.05, 0) is 23.6 Å². The average molecular weight is 262 g/mol. The zero-order chi connectivity index (χ0) is 13.0. The molecule has 3 nitrogen and oxygen atoms in total. The van der Waals surface area contributed by atoms with Crippen molar-refractivity contribution in [3.05, 3.63) is 40.6 Å². The lowest BCUT2D eigenvalue weighted by molar-refractivity contribution is 0.325. The fraction of sp³-hybridized carbons (Fsp3) is 0.286. The van der Waals surface area contributed by atoms with Crippen LogP contribution in [0.3, 0.4) is 0 Å². The van der Waals surface area contributed by atoms with E-state index in [9.17, 15) is 0 Å². The van der Waals surface area contributed by atoms with Crippen molar-refractivity contribution >= 4 is 22.7 Å². The second kappa shape index (κ2) is 5.78. The van der Waals surface area contributed by atoms with E-state index in [-0.39, 0.29) is 0 Å². The molecule has 0 aliphatic heterocycles. The van der Waals surface area contributed by atoms with Gasteiger partial charge >= 0.3 is 0 Å². The van der Waals surface area contributed by atoms with Gasteiger partial charge in [-0.15, -0.1) is 11.3 Å². The highest BCUT2D eigenvalue weighted by Crippen LogP contribution is 2.27. The summed E-state index contributed by atoms with van der Waals surface area (Å²) in [6.07, 6.45) is 0.920. The van der Waals surface area contributed by atoms with Crippen LogP contribution >= 0.6 is 11.3 Å². The van der Waals surface area contributed by atoms with Gasteiger partial charge in [0.05, 0.1) is 12.3 Å². The predicted octanol–water partition coefficient (Wildman–Crippen LogP) is 3.02. The van der Waals surface area contributed by atoms with Crippen molar-refractivity contribution in [2.24, 2.45) is 0 Å². The van der Waals surface area contributed by atoms with Gasteiger partial charge in [0.25, 0.3) is 0 Å². The zero-order valence-corrected chi connectivity index (χ0v) is 11.5. The van der Waals surface area contributed by atoms with Crippen LogP contribution in [0.25, 0.3) is 0 Å². The lowest BCUT2D eigenvalue weighted by Crippen LogP contribution is -2.09. The summed E-state index contributed by atoms with van der Waals surface area (Å²) in [4.78, 5) is 3.36. The molecule has 0 saturated carbocycles. The smallest absolute Gasteiger partial charge is 0.144 e. The zero-order valence-electron chi connectivity index (χ0n) is 10.7. The Balaban J connectivity index is 1.97. The molecule has 0 amide bonds. The molecule has 1 aromatic heterocycles. The molecule has 0 aliphatic carbocycles. The molecule has 0 spiro atoms. The van der Waals surface area contributed by atoms with Crippen molar-refractivity contribution in [2.75, 3.05) is 31.3 Å². The minimum absolute atomic E-state index is 0.654. The Kier molecular flexibility index (Phi) is 4.10. The van der Waals surface area contributed by atoms with Crippen molar-refractivity contribution in [3.63, 3.8) is 0 Å². The number of nitrogens with zero attached hydrogens (tertiary/aromatic N) is 1. The highest BCUT2D eigenvalue weighted by atomic mass is 32.1. The van der Waals surface area contributed by atoms with E-state index < -0.39 is 0 Å². The van der Waals surface area contributed by atoms with Crippen LogP contribution in [0.4, 0.5) is 11.4 Å². The highest BCUT2D eigenvalue weighted by molar-refractivity contribution is 7.09. The first kappa shape index (κ1) is 12.8. The topological polar surface area (TPSA) is 38.5 Å². The summed E-state index contributed by atoms with van der Waals surface area (Å²) in [7, 11) is 4.00. The van der Waals surface area contributed by atoms with Crippen molar-refractivity contribution in [3.8, 4) is 5.75 Å². The molecular formula is C14H18N2OS. The Labute approximate surface area is 112 Å². The number of benzene rings is 1. The molecule has 0 bridgehead atoms. The van der Waals surface area contributed by atoms with Gasteiger partial charge < -0.3 is 15.4 Å². The fourth-order valence-electron chi connectivity index (χ4n) is 1.64. The molecule has 2 N–H and O–H groups in total. The lowest BCUT2D eigenvalue weighted by Gasteiger charge is -2.15. The van der Waals surface area contributed by atoms with Gasteiger partial charge in [-0.2, -0.15) is 0 Å². The molecule has 18 heavy (non-hydrogen) atoms. The molecule has 1 heterocycles. The number of nitrogen functional groups attached to an aromatic ring is 1. The average Bonchev–Trinajstić information content (AvgIpc) is 2.84. The number of thiophene rings is 1.